The topological polar surface area (TPSA) is 99.0 Å². The molecule has 1 fully saturated rings. The van der Waals surface area contributed by atoms with Crippen LogP contribution in [0.15, 0.2) is 18.2 Å². The molecule has 2 rings (SSSR count). The van der Waals surface area contributed by atoms with E-state index in [9.17, 15) is 19.7 Å². The van der Waals surface area contributed by atoms with Gasteiger partial charge in [-0.25, -0.2) is 4.79 Å². The highest BCUT2D eigenvalue weighted by Crippen LogP contribution is 2.24. The maximum absolute atomic E-state index is 12.4. The van der Waals surface area contributed by atoms with Crippen molar-refractivity contribution >= 4 is 17.6 Å². The molecule has 1 aromatic carbocycles. The van der Waals surface area contributed by atoms with Crippen molar-refractivity contribution in [3.8, 4) is 0 Å². The predicted molar refractivity (Wildman–Crippen MR) is 85.0 cm³/mol. The Balaban J connectivity index is 2.31. The van der Waals surface area contributed by atoms with E-state index in [0.717, 1.165) is 6.07 Å². The molecule has 1 aliphatic heterocycles. The van der Waals surface area contributed by atoms with E-state index in [4.69, 9.17) is 9.47 Å². The number of benzene rings is 1. The minimum atomic E-state index is -0.792. The van der Waals surface area contributed by atoms with Gasteiger partial charge in [-0.05, 0) is 32.9 Å². The zero-order chi connectivity index (χ0) is 17.9. The van der Waals surface area contributed by atoms with Gasteiger partial charge in [0, 0.05) is 24.7 Å². The van der Waals surface area contributed by atoms with Crippen molar-refractivity contribution in [1.82, 2.24) is 4.90 Å². The fraction of sp³-hybridized carbons (Fsp3) is 0.500. The molecule has 0 aromatic heterocycles. The molecule has 130 valence electrons. The number of carbonyl (C=O) groups excluding carboxylic acids is 2. The van der Waals surface area contributed by atoms with Gasteiger partial charge in [0.15, 0.2) is 0 Å². The van der Waals surface area contributed by atoms with Crippen LogP contribution in [-0.4, -0.2) is 53.6 Å². The molecule has 1 heterocycles. The SMILES string of the molecule is CC(C)(C)OC(=O)c1ccc(C(=O)N2CCOCC2)cc1[N+](=O)[O-]. The zero-order valence-electron chi connectivity index (χ0n) is 13.9. The van der Waals surface area contributed by atoms with Gasteiger partial charge in [0.25, 0.3) is 11.6 Å². The zero-order valence-corrected chi connectivity index (χ0v) is 13.9. The van der Waals surface area contributed by atoms with Crippen LogP contribution < -0.4 is 0 Å². The van der Waals surface area contributed by atoms with E-state index < -0.39 is 22.2 Å². The highest BCUT2D eigenvalue weighted by Gasteiger charge is 2.28. The van der Waals surface area contributed by atoms with Gasteiger partial charge in [-0.1, -0.05) is 0 Å². The number of hydrogen-bond donors (Lipinski definition) is 0. The fourth-order valence-electron chi connectivity index (χ4n) is 2.27. The van der Waals surface area contributed by atoms with E-state index in [1.54, 1.807) is 25.7 Å². The van der Waals surface area contributed by atoms with Crippen molar-refractivity contribution in [1.29, 1.82) is 0 Å². The first-order chi connectivity index (χ1) is 11.2. The Kier molecular flexibility index (Phi) is 5.18. The third-order valence-corrected chi connectivity index (χ3v) is 3.36. The van der Waals surface area contributed by atoms with Gasteiger partial charge in [-0.2, -0.15) is 0 Å². The number of rotatable bonds is 3. The number of nitro groups is 1. The summed E-state index contributed by atoms with van der Waals surface area (Å²) >= 11 is 0. The molecular formula is C16H20N2O6. The first-order valence-corrected chi connectivity index (χ1v) is 7.58. The first kappa shape index (κ1) is 17.9. The third kappa shape index (κ3) is 4.29. The van der Waals surface area contributed by atoms with Crippen molar-refractivity contribution < 1.29 is 24.0 Å². The number of amides is 1. The minimum absolute atomic E-state index is 0.163. The van der Waals surface area contributed by atoms with Gasteiger partial charge in [0.1, 0.15) is 11.2 Å². The van der Waals surface area contributed by atoms with E-state index in [0.29, 0.717) is 26.3 Å². The molecule has 1 amide bonds. The van der Waals surface area contributed by atoms with Crippen LogP contribution in [0, 0.1) is 10.1 Å². The number of hydrogen-bond acceptors (Lipinski definition) is 6. The molecule has 0 aliphatic carbocycles. The van der Waals surface area contributed by atoms with Crippen LogP contribution in [0.4, 0.5) is 5.69 Å². The summed E-state index contributed by atoms with van der Waals surface area (Å²) in [6, 6.07) is 3.79. The lowest BCUT2D eigenvalue weighted by Crippen LogP contribution is -2.40. The summed E-state index contributed by atoms with van der Waals surface area (Å²) in [5.41, 5.74) is -1.22. The lowest BCUT2D eigenvalue weighted by molar-refractivity contribution is -0.385. The highest BCUT2D eigenvalue weighted by atomic mass is 16.6. The van der Waals surface area contributed by atoms with Gasteiger partial charge in [-0.3, -0.25) is 14.9 Å². The molecule has 8 nitrogen and oxygen atoms in total. The van der Waals surface area contributed by atoms with E-state index >= 15 is 0 Å². The predicted octanol–water partition coefficient (Wildman–Crippen LogP) is 2.02. The van der Waals surface area contributed by atoms with Crippen LogP contribution in [-0.2, 0) is 9.47 Å². The summed E-state index contributed by atoms with van der Waals surface area (Å²) in [7, 11) is 0. The number of carbonyl (C=O) groups is 2. The maximum atomic E-state index is 12.4. The number of morpholine rings is 1. The Morgan fingerprint density at radius 3 is 2.42 bits per heavy atom. The lowest BCUT2D eigenvalue weighted by Gasteiger charge is -2.26. The molecule has 8 heteroatoms. The van der Waals surface area contributed by atoms with Crippen molar-refractivity contribution in [2.45, 2.75) is 26.4 Å². The quantitative estimate of drug-likeness (QED) is 0.476. The Hall–Kier alpha value is -2.48. The minimum Gasteiger partial charge on any atom is -0.456 e. The van der Waals surface area contributed by atoms with E-state index in [2.05, 4.69) is 0 Å². The standard InChI is InChI=1S/C16H20N2O6/c1-16(2,3)24-15(20)12-5-4-11(10-13(12)18(21)22)14(19)17-6-8-23-9-7-17/h4-5,10H,6-9H2,1-3H3. The van der Waals surface area contributed by atoms with E-state index in [-0.39, 0.29) is 17.0 Å². The van der Waals surface area contributed by atoms with Gasteiger partial charge >= 0.3 is 5.97 Å². The second-order valence-corrected chi connectivity index (χ2v) is 6.40. The summed E-state index contributed by atoms with van der Waals surface area (Å²) < 4.78 is 10.4. The number of ether oxygens (including phenoxy) is 2. The number of nitro benzene ring substituents is 1. The van der Waals surface area contributed by atoms with Gasteiger partial charge in [0.2, 0.25) is 0 Å². The lowest BCUT2D eigenvalue weighted by atomic mass is 10.1. The summed E-state index contributed by atoms with van der Waals surface area (Å²) in [6.45, 7) is 6.75. The molecule has 0 spiro atoms. The molecule has 1 aliphatic rings. The number of nitrogens with zero attached hydrogens (tertiary/aromatic N) is 2. The van der Waals surface area contributed by atoms with Gasteiger partial charge in [-0.15, -0.1) is 0 Å². The van der Waals surface area contributed by atoms with Crippen LogP contribution >= 0.6 is 0 Å². The van der Waals surface area contributed by atoms with E-state index in [1.165, 1.54) is 12.1 Å². The Labute approximate surface area is 139 Å². The highest BCUT2D eigenvalue weighted by molar-refractivity contribution is 5.99. The first-order valence-electron chi connectivity index (χ1n) is 7.58. The average Bonchev–Trinajstić information content (AvgIpc) is 2.52. The van der Waals surface area contributed by atoms with Crippen molar-refractivity contribution in [3.05, 3.63) is 39.4 Å². The molecular weight excluding hydrogens is 316 g/mol. The van der Waals surface area contributed by atoms with Gasteiger partial charge < -0.3 is 14.4 Å². The number of esters is 1. The second kappa shape index (κ2) is 6.96. The molecule has 0 saturated carbocycles. The van der Waals surface area contributed by atoms with Crippen molar-refractivity contribution in [2.75, 3.05) is 26.3 Å². The summed E-state index contributed by atoms with van der Waals surface area (Å²) in [5, 5.41) is 11.3. The molecule has 1 aromatic rings. The molecule has 1 saturated heterocycles. The third-order valence-electron chi connectivity index (χ3n) is 3.36. The van der Waals surface area contributed by atoms with Crippen molar-refractivity contribution in [3.63, 3.8) is 0 Å². The van der Waals surface area contributed by atoms with Gasteiger partial charge in [0.05, 0.1) is 18.1 Å². The van der Waals surface area contributed by atoms with Crippen LogP contribution in [0.1, 0.15) is 41.5 Å². The summed E-state index contributed by atoms with van der Waals surface area (Å²) in [4.78, 5) is 36.7. The summed E-state index contributed by atoms with van der Waals surface area (Å²) in [6.07, 6.45) is 0. The van der Waals surface area contributed by atoms with Crippen molar-refractivity contribution in [2.24, 2.45) is 0 Å². The van der Waals surface area contributed by atoms with E-state index in [1.807, 2.05) is 0 Å². The Morgan fingerprint density at radius 1 is 1.25 bits per heavy atom. The largest absolute Gasteiger partial charge is 0.456 e. The average molecular weight is 336 g/mol. The van der Waals surface area contributed by atoms with Crippen LogP contribution in [0.3, 0.4) is 0 Å². The maximum Gasteiger partial charge on any atom is 0.345 e. The van der Waals surface area contributed by atoms with Crippen LogP contribution in [0.5, 0.6) is 0 Å². The smallest absolute Gasteiger partial charge is 0.345 e. The second-order valence-electron chi connectivity index (χ2n) is 6.40. The summed E-state index contributed by atoms with van der Waals surface area (Å²) in [5.74, 6) is -1.11. The van der Waals surface area contributed by atoms with Crippen LogP contribution in [0.25, 0.3) is 0 Å². The Bertz CT molecular complexity index is 659. The molecule has 0 atom stereocenters. The molecule has 0 radical (unpaired) electrons. The fourth-order valence-corrected chi connectivity index (χ4v) is 2.27. The normalized spacial score (nSPS) is 15.0. The monoisotopic (exact) mass is 336 g/mol. The molecule has 24 heavy (non-hydrogen) atoms. The Morgan fingerprint density at radius 2 is 1.88 bits per heavy atom. The molecule has 0 unspecified atom stereocenters. The molecule has 0 bridgehead atoms. The van der Waals surface area contributed by atoms with Crippen LogP contribution in [0.2, 0.25) is 0 Å². The molecule has 0 N–H and O–H groups in total.